The molecule has 1 aromatic rings. The van der Waals surface area contributed by atoms with Crippen LogP contribution in [0.4, 0.5) is 4.39 Å². The molecule has 1 aromatic carbocycles. The van der Waals surface area contributed by atoms with E-state index < -0.39 is 17.7 Å². The van der Waals surface area contributed by atoms with Gasteiger partial charge in [0.2, 0.25) is 0 Å². The minimum atomic E-state index is -1.04. The van der Waals surface area contributed by atoms with Crippen molar-refractivity contribution in [2.24, 2.45) is 0 Å². The van der Waals surface area contributed by atoms with Gasteiger partial charge in [-0.2, -0.15) is 0 Å². The topological polar surface area (TPSA) is 54.4 Å². The van der Waals surface area contributed by atoms with Crippen LogP contribution in [-0.2, 0) is 9.59 Å². The van der Waals surface area contributed by atoms with Gasteiger partial charge >= 0.3 is 5.97 Å². The maximum absolute atomic E-state index is 13.3. The van der Waals surface area contributed by atoms with E-state index in [4.69, 9.17) is 5.11 Å². The number of aldehydes is 1. The zero-order valence-electron chi connectivity index (χ0n) is 8.02. The Balaban J connectivity index is 2.92. The molecule has 15 heavy (non-hydrogen) atoms. The molecule has 4 heteroatoms. The lowest BCUT2D eigenvalue weighted by molar-refractivity contribution is -0.137. The van der Waals surface area contributed by atoms with Crippen molar-refractivity contribution in [2.75, 3.05) is 0 Å². The summed E-state index contributed by atoms with van der Waals surface area (Å²) in [6, 6.07) is 5.91. The molecule has 0 aliphatic carbocycles. The van der Waals surface area contributed by atoms with E-state index in [0.717, 1.165) is 0 Å². The number of hydrogen-bond acceptors (Lipinski definition) is 2. The van der Waals surface area contributed by atoms with E-state index in [0.29, 0.717) is 6.29 Å². The number of benzene rings is 1. The summed E-state index contributed by atoms with van der Waals surface area (Å²) < 4.78 is 13.3. The summed E-state index contributed by atoms with van der Waals surface area (Å²) in [7, 11) is 0. The van der Waals surface area contributed by atoms with Gasteiger partial charge in [0.15, 0.2) is 0 Å². The highest BCUT2D eigenvalue weighted by atomic mass is 19.1. The van der Waals surface area contributed by atoms with Gasteiger partial charge in [0.25, 0.3) is 0 Å². The zero-order valence-corrected chi connectivity index (χ0v) is 8.02. The van der Waals surface area contributed by atoms with Crippen LogP contribution in [0.1, 0.15) is 24.3 Å². The van der Waals surface area contributed by atoms with Crippen LogP contribution in [0.15, 0.2) is 24.3 Å². The number of carboxylic acid groups (broad SMARTS) is 1. The third-order valence-corrected chi connectivity index (χ3v) is 2.15. The van der Waals surface area contributed by atoms with Crippen molar-refractivity contribution < 1.29 is 19.1 Å². The van der Waals surface area contributed by atoms with Crippen LogP contribution in [0, 0.1) is 5.82 Å². The fraction of sp³-hybridized carbons (Fsp3) is 0.273. The van der Waals surface area contributed by atoms with E-state index in [1.165, 1.54) is 18.2 Å². The molecular weight excluding hydrogens is 199 g/mol. The molecule has 0 aliphatic heterocycles. The van der Waals surface area contributed by atoms with Crippen LogP contribution in [0.2, 0.25) is 0 Å². The van der Waals surface area contributed by atoms with Gasteiger partial charge in [-0.3, -0.25) is 4.79 Å². The van der Waals surface area contributed by atoms with Crippen molar-refractivity contribution in [1.29, 1.82) is 0 Å². The van der Waals surface area contributed by atoms with Crippen molar-refractivity contribution in [3.05, 3.63) is 35.6 Å². The summed E-state index contributed by atoms with van der Waals surface area (Å²) >= 11 is 0. The fourth-order valence-corrected chi connectivity index (χ4v) is 1.45. The molecule has 1 atom stereocenters. The first-order chi connectivity index (χ1) is 7.15. The van der Waals surface area contributed by atoms with E-state index in [9.17, 15) is 14.0 Å². The van der Waals surface area contributed by atoms with Crippen LogP contribution in [0.3, 0.4) is 0 Å². The van der Waals surface area contributed by atoms with Gasteiger partial charge in [0, 0.05) is 12.3 Å². The number of hydrogen-bond donors (Lipinski definition) is 1. The van der Waals surface area contributed by atoms with Crippen LogP contribution in [0.25, 0.3) is 0 Å². The molecule has 1 rings (SSSR count). The normalized spacial score (nSPS) is 12.1. The summed E-state index contributed by atoms with van der Waals surface area (Å²) in [5.41, 5.74) is 0.284. The Labute approximate surface area is 86.5 Å². The highest BCUT2D eigenvalue weighted by Crippen LogP contribution is 2.24. The minimum absolute atomic E-state index is 0.0211. The van der Waals surface area contributed by atoms with E-state index in [2.05, 4.69) is 0 Å². The summed E-state index contributed by atoms with van der Waals surface area (Å²) in [6.45, 7) is 0. The van der Waals surface area contributed by atoms with Gasteiger partial charge < -0.3 is 9.90 Å². The molecule has 80 valence electrons. The number of halogens is 1. The summed E-state index contributed by atoms with van der Waals surface area (Å²) in [5, 5.41) is 8.62. The molecule has 1 N–H and O–H groups in total. The second-order valence-corrected chi connectivity index (χ2v) is 3.22. The summed E-state index contributed by atoms with van der Waals surface area (Å²) in [5.74, 6) is -2.09. The Hall–Kier alpha value is -1.71. The molecule has 0 fully saturated rings. The summed E-state index contributed by atoms with van der Waals surface area (Å²) in [4.78, 5) is 20.9. The van der Waals surface area contributed by atoms with Crippen molar-refractivity contribution in [2.45, 2.75) is 18.8 Å². The molecule has 0 heterocycles. The first-order valence-electron chi connectivity index (χ1n) is 4.55. The minimum Gasteiger partial charge on any atom is -0.481 e. The van der Waals surface area contributed by atoms with Crippen LogP contribution >= 0.6 is 0 Å². The van der Waals surface area contributed by atoms with Crippen molar-refractivity contribution in [1.82, 2.24) is 0 Å². The average Bonchev–Trinajstić information content (AvgIpc) is 2.17. The molecular formula is C11H11FO3. The predicted molar refractivity (Wildman–Crippen MR) is 52.1 cm³/mol. The maximum atomic E-state index is 13.3. The van der Waals surface area contributed by atoms with Gasteiger partial charge in [-0.1, -0.05) is 18.2 Å². The van der Waals surface area contributed by atoms with E-state index >= 15 is 0 Å². The second-order valence-electron chi connectivity index (χ2n) is 3.22. The Morgan fingerprint density at radius 3 is 2.67 bits per heavy atom. The molecule has 0 saturated carbocycles. The van der Waals surface area contributed by atoms with Crippen LogP contribution in [-0.4, -0.2) is 17.4 Å². The SMILES string of the molecule is O=CCC(CC(=O)O)c1ccccc1F. The first-order valence-corrected chi connectivity index (χ1v) is 4.55. The predicted octanol–water partition coefficient (Wildman–Crippen LogP) is 1.97. The molecule has 3 nitrogen and oxygen atoms in total. The largest absolute Gasteiger partial charge is 0.481 e. The van der Waals surface area contributed by atoms with E-state index in [1.54, 1.807) is 6.07 Å². The zero-order chi connectivity index (χ0) is 11.3. The van der Waals surface area contributed by atoms with Gasteiger partial charge in [-0.05, 0) is 11.6 Å². The number of carbonyl (C=O) groups is 2. The lowest BCUT2D eigenvalue weighted by atomic mass is 9.93. The number of carboxylic acids is 1. The summed E-state index contributed by atoms with van der Waals surface area (Å²) in [6.07, 6.45) is 0.396. The number of aliphatic carboxylic acids is 1. The highest BCUT2D eigenvalue weighted by molar-refractivity contribution is 5.69. The smallest absolute Gasteiger partial charge is 0.303 e. The van der Waals surface area contributed by atoms with Gasteiger partial charge in [0.05, 0.1) is 6.42 Å². The molecule has 0 radical (unpaired) electrons. The van der Waals surface area contributed by atoms with Gasteiger partial charge in [0.1, 0.15) is 12.1 Å². The third-order valence-electron chi connectivity index (χ3n) is 2.15. The maximum Gasteiger partial charge on any atom is 0.303 e. The Morgan fingerprint density at radius 2 is 2.13 bits per heavy atom. The van der Waals surface area contributed by atoms with Crippen LogP contribution in [0.5, 0.6) is 0 Å². The molecule has 0 aromatic heterocycles. The monoisotopic (exact) mass is 210 g/mol. The van der Waals surface area contributed by atoms with E-state index in [1.807, 2.05) is 0 Å². The molecule has 1 unspecified atom stereocenters. The molecule has 0 spiro atoms. The lowest BCUT2D eigenvalue weighted by Crippen LogP contribution is -2.08. The van der Waals surface area contributed by atoms with Gasteiger partial charge in [-0.25, -0.2) is 4.39 Å². The van der Waals surface area contributed by atoms with Crippen LogP contribution < -0.4 is 0 Å². The fourth-order valence-electron chi connectivity index (χ4n) is 1.45. The van der Waals surface area contributed by atoms with Crippen molar-refractivity contribution >= 4 is 12.3 Å². The Bertz CT molecular complexity index is 363. The first kappa shape index (κ1) is 11.4. The number of carbonyl (C=O) groups excluding carboxylic acids is 1. The molecule has 0 saturated heterocycles. The third kappa shape index (κ3) is 3.16. The molecule has 0 aliphatic rings. The molecule has 0 amide bonds. The average molecular weight is 210 g/mol. The molecule has 0 bridgehead atoms. The quantitative estimate of drug-likeness (QED) is 0.756. The standard InChI is InChI=1S/C11H11FO3/c12-10-4-2-1-3-9(10)8(5-6-13)7-11(14)15/h1-4,6,8H,5,7H2,(H,14,15). The van der Waals surface area contributed by atoms with Crippen molar-refractivity contribution in [3.63, 3.8) is 0 Å². The van der Waals surface area contributed by atoms with Gasteiger partial charge in [-0.15, -0.1) is 0 Å². The van der Waals surface area contributed by atoms with Crippen molar-refractivity contribution in [3.8, 4) is 0 Å². The lowest BCUT2D eigenvalue weighted by Gasteiger charge is -2.12. The highest BCUT2D eigenvalue weighted by Gasteiger charge is 2.18. The number of rotatable bonds is 5. The Kier molecular flexibility index (Phi) is 3.97. The Morgan fingerprint density at radius 1 is 1.47 bits per heavy atom. The second kappa shape index (κ2) is 5.24. The van der Waals surface area contributed by atoms with E-state index in [-0.39, 0.29) is 18.4 Å².